The summed E-state index contributed by atoms with van der Waals surface area (Å²) in [5, 5.41) is 7.73. The molecule has 0 radical (unpaired) electrons. The average molecular weight is 1750 g/mol. The minimum atomic E-state index is -0.817. The molecule has 0 aliphatic rings. The molecule has 0 aliphatic heterocycles. The van der Waals surface area contributed by atoms with Crippen molar-refractivity contribution in [3.63, 3.8) is 0 Å². The lowest BCUT2D eigenvalue weighted by Gasteiger charge is -2.06. The second-order valence-corrected chi connectivity index (χ2v) is 31.9. The Bertz CT molecular complexity index is 6830. The van der Waals surface area contributed by atoms with Gasteiger partial charge in [0.2, 0.25) is 0 Å². The normalized spacial score (nSPS) is 10.9. The third-order valence-corrected chi connectivity index (χ3v) is 21.6. The van der Waals surface area contributed by atoms with Crippen molar-refractivity contribution in [2.75, 3.05) is 0 Å². The van der Waals surface area contributed by atoms with Gasteiger partial charge in [-0.2, -0.15) is 0 Å². The molecule has 0 amide bonds. The van der Waals surface area contributed by atoms with E-state index in [1.54, 1.807) is 236 Å². The van der Waals surface area contributed by atoms with Crippen LogP contribution in [0.15, 0.2) is 212 Å². The smallest absolute Gasteiger partial charge is 0.166 e. The molecule has 0 saturated heterocycles. The summed E-state index contributed by atoms with van der Waals surface area (Å²) in [6, 6.07) is 55.6. The molecular weight excluding hydrogens is 1660 g/mol. The summed E-state index contributed by atoms with van der Waals surface area (Å²) < 4.78 is 255. The molecule has 127 heavy (non-hydrogen) atoms. The summed E-state index contributed by atoms with van der Waals surface area (Å²) >= 11 is 0. The van der Waals surface area contributed by atoms with Crippen LogP contribution in [0.3, 0.4) is 0 Å². The molecule has 0 nitrogen and oxygen atoms in total. The highest BCUT2D eigenvalue weighted by molar-refractivity contribution is 5.91. The van der Waals surface area contributed by atoms with Crippen LogP contribution in [0, 0.1) is 235 Å². The summed E-state index contributed by atoms with van der Waals surface area (Å²) in [5.74, 6) is -8.47. The largest absolute Gasteiger partial charge is 0.207 e. The van der Waals surface area contributed by atoms with Crippen molar-refractivity contribution >= 4 is 97.0 Å². The van der Waals surface area contributed by atoms with Crippen LogP contribution < -0.4 is 0 Å². The molecule has 0 fully saturated rings. The average Bonchev–Trinajstić information content (AvgIpc) is 0.769. The molecule has 0 bridgehead atoms. The van der Waals surface area contributed by atoms with E-state index in [-0.39, 0.29) is 91.7 Å². The predicted octanol–water partition coefficient (Wildman–Crippen LogP) is 33.8. The Morgan fingerprint density at radius 1 is 0.126 bits per heavy atom. The first-order chi connectivity index (χ1) is 59.7. The van der Waals surface area contributed by atoms with Gasteiger partial charge in [0.25, 0.3) is 0 Å². The summed E-state index contributed by atoms with van der Waals surface area (Å²) in [4.78, 5) is 0. The van der Waals surface area contributed by atoms with Crippen LogP contribution in [0.2, 0.25) is 0 Å². The maximum absolute atomic E-state index is 13.6. The number of rotatable bonds is 0. The Labute approximate surface area is 724 Å². The molecule has 0 heterocycles. The third kappa shape index (κ3) is 22.1. The van der Waals surface area contributed by atoms with Crippen molar-refractivity contribution in [1.82, 2.24) is 0 Å². The quantitative estimate of drug-likeness (QED) is 0.133. The van der Waals surface area contributed by atoms with Crippen LogP contribution in [-0.4, -0.2) is 0 Å². The highest BCUT2D eigenvalue weighted by Gasteiger charge is 2.19. The molecule has 0 saturated carbocycles. The lowest BCUT2D eigenvalue weighted by molar-refractivity contribution is 0.511. The van der Waals surface area contributed by atoms with Crippen LogP contribution in [0.4, 0.5) is 83.4 Å². The van der Waals surface area contributed by atoms with E-state index in [4.69, 9.17) is 0 Å². The molecule has 654 valence electrons. The van der Waals surface area contributed by atoms with Gasteiger partial charge in [-0.15, -0.1) is 0 Å². The lowest BCUT2D eigenvalue weighted by atomic mass is 10.0. The molecule has 0 spiro atoms. The predicted molar refractivity (Wildman–Crippen MR) is 480 cm³/mol. The maximum Gasteiger partial charge on any atom is 0.166 e. The molecule has 0 unspecified atom stereocenters. The number of fused-ring (bicyclic) bond motifs is 9. The van der Waals surface area contributed by atoms with Gasteiger partial charge >= 0.3 is 0 Å². The van der Waals surface area contributed by atoms with Gasteiger partial charge in [-0.05, 0) is 332 Å². The van der Waals surface area contributed by atoms with Gasteiger partial charge in [0.05, 0.1) is 5.39 Å². The van der Waals surface area contributed by atoms with Crippen molar-refractivity contribution in [3.8, 4) is 0 Å². The molecular formula is C108H89F19. The summed E-state index contributed by atoms with van der Waals surface area (Å²) in [7, 11) is 0. The van der Waals surface area contributed by atoms with Crippen molar-refractivity contribution in [2.45, 2.75) is 125 Å². The van der Waals surface area contributed by atoms with Crippen molar-refractivity contribution in [3.05, 3.63) is 423 Å². The highest BCUT2D eigenvalue weighted by Crippen LogP contribution is 2.34. The Hall–Kier alpha value is -13.0. The van der Waals surface area contributed by atoms with E-state index in [1.165, 1.54) is 62.4 Å². The van der Waals surface area contributed by atoms with Gasteiger partial charge in [0.1, 0.15) is 98.9 Å². The first-order valence-electron chi connectivity index (χ1n) is 40.1. The van der Waals surface area contributed by atoms with Crippen LogP contribution >= 0.6 is 0 Å². The molecule has 18 rings (SSSR count). The van der Waals surface area contributed by atoms with Gasteiger partial charge in [-0.1, -0.05) is 126 Å². The summed E-state index contributed by atoms with van der Waals surface area (Å²) in [5.41, 5.74) is 9.94. The van der Waals surface area contributed by atoms with Gasteiger partial charge in [0, 0.05) is 70.4 Å². The number of halogens is 19. The first-order valence-corrected chi connectivity index (χ1v) is 40.1. The zero-order valence-corrected chi connectivity index (χ0v) is 72.9. The van der Waals surface area contributed by atoms with E-state index < -0.39 is 40.7 Å². The third-order valence-electron chi connectivity index (χ3n) is 21.6. The van der Waals surface area contributed by atoms with Gasteiger partial charge < -0.3 is 0 Å². The van der Waals surface area contributed by atoms with E-state index in [1.807, 2.05) is 32.9 Å². The molecule has 18 aromatic rings. The molecule has 0 atom stereocenters. The zero-order chi connectivity index (χ0) is 93.5. The van der Waals surface area contributed by atoms with Gasteiger partial charge in [-0.25, -0.2) is 83.4 Å². The molecule has 0 N–H and O–H groups in total. The van der Waals surface area contributed by atoms with E-state index in [0.717, 1.165) is 55.4 Å². The van der Waals surface area contributed by atoms with E-state index in [0.29, 0.717) is 126 Å². The minimum absolute atomic E-state index is 0.0846. The van der Waals surface area contributed by atoms with E-state index >= 15 is 0 Å². The Kier molecular flexibility index (Phi) is 30.7. The fourth-order valence-corrected chi connectivity index (χ4v) is 14.2. The fourth-order valence-electron chi connectivity index (χ4n) is 14.2. The Morgan fingerprint density at radius 3 is 0.866 bits per heavy atom. The maximum atomic E-state index is 13.6. The fraction of sp³-hybridized carbons (Fsp3) is 0.167. The number of benzene rings is 18. The summed E-state index contributed by atoms with van der Waals surface area (Å²) in [6.45, 7) is 30.1. The van der Waals surface area contributed by atoms with Crippen molar-refractivity contribution < 1.29 is 83.4 Å². The molecule has 0 aromatic heterocycles. The number of hydrogen-bond donors (Lipinski definition) is 0. The monoisotopic (exact) mass is 1750 g/mol. The van der Waals surface area contributed by atoms with Crippen molar-refractivity contribution in [1.29, 1.82) is 0 Å². The van der Waals surface area contributed by atoms with Crippen LogP contribution in [0.1, 0.15) is 100 Å². The topological polar surface area (TPSA) is 0 Å². The molecule has 19 heteroatoms. The van der Waals surface area contributed by atoms with Gasteiger partial charge in [-0.3, -0.25) is 0 Å². The number of aryl methyl sites for hydroxylation is 16. The number of hydrogen-bond acceptors (Lipinski definition) is 0. The summed E-state index contributed by atoms with van der Waals surface area (Å²) in [6.07, 6.45) is 0. The first kappa shape index (κ1) is 96.2. The highest BCUT2D eigenvalue weighted by atomic mass is 19.2. The van der Waals surface area contributed by atoms with Crippen LogP contribution in [0.5, 0.6) is 0 Å². The standard InChI is InChI=1S/C12H9F3.8C12H10F2/c1-6-3-8-5-9(13)7(2)12(15)11(8)10(14)4-6;1-7-3-9-6-12(14)8(2)4-10(9)5-11(7)13;1-7-3-9-10(11(13)5-7)4-8(2)6-12(9)14;2*1-7-3-5-10-9(11(7)13)6-4-8(2)12(10)14;1-7-3-4-9-5-8(2)11(13)6-10(9)12(7)14;1-7-3-4-10-9(5-7)6-11(13)8(2)12(10)14;1-7-3-4-9-10(5-7)11(13)6-8(2)12(9)14;1-7-3-4-9-6-8(2)11(13)12(14)10(9)5-7/h3-5H,1-2H3;8*3-6H,1-2H3. The molecule has 18 aromatic carbocycles. The Balaban J connectivity index is 0.000000149. The SMILES string of the molecule is Cc1cc(F)c2c(F)c(C)c(F)cc2c1.Cc1cc(F)c2cc(C)cc(F)c2c1.Cc1cc2cc(F)c(C)cc2cc1F.Cc1cc2ccc(C)c(F)c2cc1F.Cc1ccc2c(F)c(C)c(F)cc2c1.Cc1ccc2c(F)c(C)cc(F)c2c1.Cc1ccc2c(F)c(C)ccc2c1F.Cc1ccc2c(F)c(C)ccc2c1F.Cc1ccc2cc(C)c(F)c(F)c2c1. The van der Waals surface area contributed by atoms with E-state index in [2.05, 4.69) is 0 Å². The zero-order valence-electron chi connectivity index (χ0n) is 72.9. The minimum Gasteiger partial charge on any atom is -0.207 e. The van der Waals surface area contributed by atoms with Crippen LogP contribution in [-0.2, 0) is 0 Å². The second kappa shape index (κ2) is 40.5. The van der Waals surface area contributed by atoms with Crippen LogP contribution in [0.25, 0.3) is 97.0 Å². The van der Waals surface area contributed by atoms with Crippen molar-refractivity contribution in [2.24, 2.45) is 0 Å². The lowest BCUT2D eigenvalue weighted by Crippen LogP contribution is -1.94. The molecule has 0 aliphatic carbocycles. The Morgan fingerprint density at radius 2 is 0.402 bits per heavy atom. The second-order valence-electron chi connectivity index (χ2n) is 31.9. The van der Waals surface area contributed by atoms with Gasteiger partial charge in [0.15, 0.2) is 11.6 Å². The van der Waals surface area contributed by atoms with E-state index in [9.17, 15) is 83.4 Å².